The molecule has 0 aliphatic carbocycles. The number of carbonyl (C=O) groups is 1. The summed E-state index contributed by atoms with van der Waals surface area (Å²) in [5.41, 5.74) is 1.13. The lowest BCUT2D eigenvalue weighted by Gasteiger charge is -2.41. The first kappa shape index (κ1) is 21.8. The van der Waals surface area contributed by atoms with Gasteiger partial charge in [0.1, 0.15) is 11.6 Å². The third-order valence-electron chi connectivity index (χ3n) is 6.60. The van der Waals surface area contributed by atoms with Crippen molar-refractivity contribution in [2.45, 2.75) is 59.1 Å². The first-order chi connectivity index (χ1) is 14.8. The predicted octanol–water partition coefficient (Wildman–Crippen LogP) is 3.16. The van der Waals surface area contributed by atoms with Gasteiger partial charge in [0.2, 0.25) is 5.91 Å². The molecule has 2 fully saturated rings. The molecule has 4 rings (SSSR count). The van der Waals surface area contributed by atoms with Gasteiger partial charge in [0.25, 0.3) is 0 Å². The number of nitrogens with zero attached hydrogens (tertiary/aromatic N) is 4. The molecule has 168 valence electrons. The molecule has 0 bridgehead atoms. The van der Waals surface area contributed by atoms with E-state index in [-0.39, 0.29) is 23.3 Å². The topological polar surface area (TPSA) is 74.3 Å². The maximum Gasteiger partial charge on any atom is 0.225 e. The van der Waals surface area contributed by atoms with E-state index in [0.29, 0.717) is 5.92 Å². The van der Waals surface area contributed by atoms with Crippen LogP contribution >= 0.6 is 0 Å². The molecule has 31 heavy (non-hydrogen) atoms. The summed E-state index contributed by atoms with van der Waals surface area (Å²) in [7, 11) is 0. The molecule has 0 radical (unpaired) electrons. The van der Waals surface area contributed by atoms with Crippen LogP contribution in [0.5, 0.6) is 5.75 Å². The van der Waals surface area contributed by atoms with Gasteiger partial charge in [-0.05, 0) is 51.4 Å². The van der Waals surface area contributed by atoms with Gasteiger partial charge in [0, 0.05) is 38.0 Å². The van der Waals surface area contributed by atoms with Crippen molar-refractivity contribution in [1.82, 2.24) is 25.0 Å². The minimum absolute atomic E-state index is 0.00811. The van der Waals surface area contributed by atoms with Gasteiger partial charge in [-0.2, -0.15) is 5.10 Å². The van der Waals surface area contributed by atoms with E-state index in [1.165, 1.54) is 5.56 Å². The zero-order chi connectivity index (χ0) is 22.2. The fourth-order valence-electron chi connectivity index (χ4n) is 5.06. The number of likely N-dealkylation sites (tertiary alicyclic amines) is 2. The number of aromatic nitrogens is 3. The number of hydrogen-bond acceptors (Lipinski definition) is 5. The van der Waals surface area contributed by atoms with Crippen LogP contribution in [0.1, 0.15) is 51.3 Å². The van der Waals surface area contributed by atoms with E-state index in [0.717, 1.165) is 56.5 Å². The zero-order valence-electron chi connectivity index (χ0n) is 19.4. The minimum Gasteiger partial charge on any atom is -0.491 e. The summed E-state index contributed by atoms with van der Waals surface area (Å²) in [6.45, 7) is 14.3. The molecular weight excluding hydrogens is 390 g/mol. The number of H-pyrrole nitrogens is 1. The molecule has 2 atom stereocenters. The highest BCUT2D eigenvalue weighted by atomic mass is 16.5. The summed E-state index contributed by atoms with van der Waals surface area (Å²) < 4.78 is 5.77. The number of carbonyl (C=O) groups excluding carboxylic acids is 1. The Balaban J connectivity index is 1.50. The molecule has 7 nitrogen and oxygen atoms in total. The maximum absolute atomic E-state index is 12.8. The number of rotatable bonds is 6. The van der Waals surface area contributed by atoms with Crippen LogP contribution in [0.2, 0.25) is 0 Å². The highest BCUT2D eigenvalue weighted by Crippen LogP contribution is 2.44. The molecule has 7 heteroatoms. The molecular formula is C24H35N5O2. The number of benzene rings is 1. The standard InChI is InChI=1S/C24H35N5O2/c1-16(2)22(30)29-14-20-13-28(12-19-6-8-21(9-7-19)31-17(3)4)11-10-24(20,15-29)23-25-18(5)26-27-23/h6-9,16-17,20H,10-15H2,1-5H3,(H,25,26,27)/t20-,24-/m1/s1. The number of amides is 1. The lowest BCUT2D eigenvalue weighted by atomic mass is 9.72. The Morgan fingerprint density at radius 3 is 2.58 bits per heavy atom. The average Bonchev–Trinajstić information content (AvgIpc) is 3.32. The van der Waals surface area contributed by atoms with Gasteiger partial charge in [-0.15, -0.1) is 0 Å². The molecule has 3 heterocycles. The minimum atomic E-state index is -0.152. The second-order valence-corrected chi connectivity index (χ2v) is 9.77. The summed E-state index contributed by atoms with van der Waals surface area (Å²) in [4.78, 5) is 22.1. The number of piperidine rings is 1. The first-order valence-corrected chi connectivity index (χ1v) is 11.4. The molecule has 2 saturated heterocycles. The lowest BCUT2D eigenvalue weighted by molar-refractivity contribution is -0.133. The number of aryl methyl sites for hydroxylation is 1. The third kappa shape index (κ3) is 4.47. The monoisotopic (exact) mass is 425 g/mol. The van der Waals surface area contributed by atoms with E-state index in [4.69, 9.17) is 9.72 Å². The number of aromatic amines is 1. The Labute approximate surface area is 185 Å². The van der Waals surface area contributed by atoms with Crippen molar-refractivity contribution in [3.05, 3.63) is 41.5 Å². The normalized spacial score (nSPS) is 24.1. The quantitative estimate of drug-likeness (QED) is 0.770. The van der Waals surface area contributed by atoms with E-state index in [2.05, 4.69) is 39.4 Å². The molecule has 0 saturated carbocycles. The van der Waals surface area contributed by atoms with Crippen molar-refractivity contribution < 1.29 is 9.53 Å². The largest absolute Gasteiger partial charge is 0.491 e. The van der Waals surface area contributed by atoms with E-state index < -0.39 is 0 Å². The SMILES string of the molecule is Cc1nc([C@@]23CCN(Cc4ccc(OC(C)C)cc4)C[C@@H]2CN(C(=O)C(C)C)C3)n[nH]1. The van der Waals surface area contributed by atoms with Gasteiger partial charge < -0.3 is 9.64 Å². The highest BCUT2D eigenvalue weighted by molar-refractivity contribution is 5.78. The van der Waals surface area contributed by atoms with E-state index in [9.17, 15) is 4.79 Å². The number of nitrogens with one attached hydrogen (secondary N) is 1. The van der Waals surface area contributed by atoms with Crippen LogP contribution in [0.15, 0.2) is 24.3 Å². The van der Waals surface area contributed by atoms with Gasteiger partial charge >= 0.3 is 0 Å². The molecule has 2 aromatic rings. The van der Waals surface area contributed by atoms with Gasteiger partial charge in [0.15, 0.2) is 5.82 Å². The molecule has 1 amide bonds. The zero-order valence-corrected chi connectivity index (χ0v) is 19.4. The predicted molar refractivity (Wildman–Crippen MR) is 120 cm³/mol. The average molecular weight is 426 g/mol. The Morgan fingerprint density at radius 1 is 1.23 bits per heavy atom. The van der Waals surface area contributed by atoms with Crippen molar-refractivity contribution in [1.29, 1.82) is 0 Å². The molecule has 0 unspecified atom stereocenters. The van der Waals surface area contributed by atoms with Crippen molar-refractivity contribution in [2.75, 3.05) is 26.2 Å². The van der Waals surface area contributed by atoms with Gasteiger partial charge in [0.05, 0.1) is 11.5 Å². The smallest absolute Gasteiger partial charge is 0.225 e. The fourth-order valence-corrected chi connectivity index (χ4v) is 5.06. The first-order valence-electron chi connectivity index (χ1n) is 11.4. The van der Waals surface area contributed by atoms with Gasteiger partial charge in [-0.3, -0.25) is 14.8 Å². The Hall–Kier alpha value is -2.41. The summed E-state index contributed by atoms with van der Waals surface area (Å²) in [5, 5.41) is 7.57. The van der Waals surface area contributed by atoms with Crippen LogP contribution in [0.25, 0.3) is 0 Å². The molecule has 2 aliphatic rings. The molecule has 1 aromatic carbocycles. The summed E-state index contributed by atoms with van der Waals surface area (Å²) in [5.74, 6) is 3.20. The maximum atomic E-state index is 12.8. The van der Waals surface area contributed by atoms with E-state index in [1.807, 2.05) is 39.5 Å². The van der Waals surface area contributed by atoms with E-state index >= 15 is 0 Å². The lowest BCUT2D eigenvalue weighted by Crippen LogP contribution is -2.49. The van der Waals surface area contributed by atoms with Crippen molar-refractivity contribution in [3.8, 4) is 5.75 Å². The number of hydrogen-bond donors (Lipinski definition) is 1. The number of ether oxygens (including phenoxy) is 1. The van der Waals surface area contributed by atoms with Crippen molar-refractivity contribution in [3.63, 3.8) is 0 Å². The van der Waals surface area contributed by atoms with Crippen molar-refractivity contribution >= 4 is 5.91 Å². The second kappa shape index (κ2) is 8.61. The fraction of sp³-hybridized carbons (Fsp3) is 0.625. The number of fused-ring (bicyclic) bond motifs is 1. The van der Waals surface area contributed by atoms with Gasteiger partial charge in [-0.25, -0.2) is 4.98 Å². The molecule has 0 spiro atoms. The Morgan fingerprint density at radius 2 is 1.97 bits per heavy atom. The summed E-state index contributed by atoms with van der Waals surface area (Å²) in [6.07, 6.45) is 1.14. The van der Waals surface area contributed by atoms with Crippen LogP contribution in [0, 0.1) is 18.8 Å². The molecule has 2 aliphatic heterocycles. The summed E-state index contributed by atoms with van der Waals surface area (Å²) >= 11 is 0. The van der Waals surface area contributed by atoms with Gasteiger partial charge in [-0.1, -0.05) is 26.0 Å². The van der Waals surface area contributed by atoms with E-state index in [1.54, 1.807) is 0 Å². The Bertz CT molecular complexity index is 907. The van der Waals surface area contributed by atoms with Crippen LogP contribution in [-0.2, 0) is 16.8 Å². The van der Waals surface area contributed by atoms with Crippen LogP contribution in [0.3, 0.4) is 0 Å². The van der Waals surface area contributed by atoms with Crippen molar-refractivity contribution in [2.24, 2.45) is 11.8 Å². The molecule has 1 aromatic heterocycles. The summed E-state index contributed by atoms with van der Waals surface area (Å²) in [6, 6.07) is 8.42. The third-order valence-corrected chi connectivity index (χ3v) is 6.60. The van der Waals surface area contributed by atoms with Crippen LogP contribution in [0.4, 0.5) is 0 Å². The van der Waals surface area contributed by atoms with Crippen LogP contribution < -0.4 is 4.74 Å². The van der Waals surface area contributed by atoms with Crippen LogP contribution in [-0.4, -0.2) is 63.2 Å². The molecule has 1 N–H and O–H groups in total. The second-order valence-electron chi connectivity index (χ2n) is 9.77. The Kier molecular flexibility index (Phi) is 6.06. The highest BCUT2D eigenvalue weighted by Gasteiger charge is 2.54.